The number of rotatable bonds is 0. The first kappa shape index (κ1) is 9.70. The Bertz CT molecular complexity index is 425. The molecular weight excluding hydrogens is 175 g/mol. The van der Waals surface area contributed by atoms with Crippen LogP contribution in [0.4, 0.5) is 4.39 Å². The molecule has 0 amide bonds. The molecule has 0 aliphatic carbocycles. The predicted molar refractivity (Wildman–Crippen MR) is 46.3 cm³/mol. The molecule has 1 aromatic rings. The Labute approximate surface area is 73.8 Å². The summed E-state index contributed by atoms with van der Waals surface area (Å²) >= 11 is 0. The highest BCUT2D eigenvalue weighted by atomic mass is 19.1. The van der Waals surface area contributed by atoms with E-state index in [2.05, 4.69) is 4.98 Å². The van der Waals surface area contributed by atoms with Crippen molar-refractivity contribution in [1.29, 1.82) is 0 Å². The van der Waals surface area contributed by atoms with Gasteiger partial charge in [-0.15, -0.1) is 0 Å². The summed E-state index contributed by atoms with van der Waals surface area (Å²) in [6.45, 7) is 5.13. The van der Waals surface area contributed by atoms with Crippen molar-refractivity contribution in [2.75, 3.05) is 0 Å². The molecule has 0 saturated carbocycles. The van der Waals surface area contributed by atoms with Crippen LogP contribution in [-0.4, -0.2) is 9.97 Å². The number of nitrogens with one attached hydrogen (secondary N) is 2. The van der Waals surface area contributed by atoms with Crippen molar-refractivity contribution in [3.05, 3.63) is 32.3 Å². The molecule has 0 atom stereocenters. The van der Waals surface area contributed by atoms with Crippen LogP contribution in [0.1, 0.15) is 26.5 Å². The lowest BCUT2D eigenvalue weighted by atomic mass is 9.92. The molecule has 72 valence electrons. The largest absolute Gasteiger partial charge is 0.326 e. The Kier molecular flexibility index (Phi) is 2.11. The highest BCUT2D eigenvalue weighted by Gasteiger charge is 2.21. The molecule has 0 aliphatic heterocycles. The van der Waals surface area contributed by atoms with Crippen molar-refractivity contribution >= 4 is 0 Å². The summed E-state index contributed by atoms with van der Waals surface area (Å²) in [5.74, 6) is -0.924. The van der Waals surface area contributed by atoms with Gasteiger partial charge in [-0.05, 0) is 0 Å². The molecular formula is C8H11FN2O2. The first-order valence-corrected chi connectivity index (χ1v) is 3.85. The van der Waals surface area contributed by atoms with Crippen molar-refractivity contribution in [3.63, 3.8) is 0 Å². The van der Waals surface area contributed by atoms with Gasteiger partial charge in [-0.1, -0.05) is 20.8 Å². The maximum absolute atomic E-state index is 13.2. The van der Waals surface area contributed by atoms with Crippen molar-refractivity contribution in [2.24, 2.45) is 0 Å². The molecule has 5 heteroatoms. The van der Waals surface area contributed by atoms with Gasteiger partial charge in [0.25, 0.3) is 5.56 Å². The van der Waals surface area contributed by atoms with E-state index in [1.165, 1.54) is 0 Å². The van der Waals surface area contributed by atoms with E-state index in [4.69, 9.17) is 0 Å². The fourth-order valence-corrected chi connectivity index (χ4v) is 0.988. The van der Waals surface area contributed by atoms with Crippen LogP contribution in [0.2, 0.25) is 0 Å². The maximum Gasteiger partial charge on any atom is 0.326 e. The molecule has 0 saturated heterocycles. The minimum Gasteiger partial charge on any atom is -0.308 e. The van der Waals surface area contributed by atoms with E-state index in [0.29, 0.717) is 0 Å². The molecule has 13 heavy (non-hydrogen) atoms. The summed E-state index contributed by atoms with van der Waals surface area (Å²) in [5, 5.41) is 0. The molecule has 1 aromatic heterocycles. The van der Waals surface area contributed by atoms with E-state index in [9.17, 15) is 14.0 Å². The standard InChI is InChI=1S/C8H11FN2O2/c1-8(2,3)5-4(9)6(12)11-7(13)10-5/h1-3H3,(H2,10,11,12,13). The smallest absolute Gasteiger partial charge is 0.308 e. The molecule has 2 N–H and O–H groups in total. The van der Waals surface area contributed by atoms with Crippen LogP contribution in [0.5, 0.6) is 0 Å². The monoisotopic (exact) mass is 186 g/mol. The van der Waals surface area contributed by atoms with Gasteiger partial charge in [-0.3, -0.25) is 9.78 Å². The van der Waals surface area contributed by atoms with Gasteiger partial charge in [0.05, 0.1) is 5.69 Å². The van der Waals surface area contributed by atoms with Crippen molar-refractivity contribution in [2.45, 2.75) is 26.2 Å². The molecule has 0 fully saturated rings. The highest BCUT2D eigenvalue weighted by molar-refractivity contribution is 5.12. The minimum absolute atomic E-state index is 0.0289. The highest BCUT2D eigenvalue weighted by Crippen LogP contribution is 2.19. The zero-order valence-corrected chi connectivity index (χ0v) is 7.69. The van der Waals surface area contributed by atoms with Crippen LogP contribution < -0.4 is 11.2 Å². The number of aromatic nitrogens is 2. The number of hydrogen-bond donors (Lipinski definition) is 2. The van der Waals surface area contributed by atoms with Crippen LogP contribution in [0.25, 0.3) is 0 Å². The number of halogens is 1. The molecule has 0 unspecified atom stereocenters. The SMILES string of the molecule is CC(C)(C)c1[nH]c(=O)[nH]c(=O)c1F. The van der Waals surface area contributed by atoms with E-state index < -0.39 is 22.5 Å². The summed E-state index contributed by atoms with van der Waals surface area (Å²) in [6, 6.07) is 0. The quantitative estimate of drug-likeness (QED) is 0.619. The second-order valence-corrected chi connectivity index (χ2v) is 3.85. The van der Waals surface area contributed by atoms with Gasteiger partial charge < -0.3 is 4.98 Å². The van der Waals surface area contributed by atoms with E-state index >= 15 is 0 Å². The van der Waals surface area contributed by atoms with E-state index in [-0.39, 0.29) is 5.69 Å². The predicted octanol–water partition coefficient (Wildman–Crippen LogP) is 0.500. The summed E-state index contributed by atoms with van der Waals surface area (Å²) < 4.78 is 13.2. The first-order valence-electron chi connectivity index (χ1n) is 3.85. The summed E-state index contributed by atoms with van der Waals surface area (Å²) in [4.78, 5) is 25.8. The fraction of sp³-hybridized carbons (Fsp3) is 0.500. The molecule has 0 aliphatic rings. The average molecular weight is 186 g/mol. The maximum atomic E-state index is 13.2. The number of hydrogen-bond acceptors (Lipinski definition) is 2. The lowest BCUT2D eigenvalue weighted by molar-refractivity contribution is 0.487. The topological polar surface area (TPSA) is 65.7 Å². The Hall–Kier alpha value is -1.39. The lowest BCUT2D eigenvalue weighted by Gasteiger charge is -2.17. The van der Waals surface area contributed by atoms with Gasteiger partial charge in [0.1, 0.15) is 0 Å². The molecule has 0 aromatic carbocycles. The fourth-order valence-electron chi connectivity index (χ4n) is 0.988. The molecule has 0 radical (unpaired) electrons. The second-order valence-electron chi connectivity index (χ2n) is 3.85. The number of H-pyrrole nitrogens is 2. The molecule has 1 rings (SSSR count). The van der Waals surface area contributed by atoms with Crippen LogP contribution in [0.3, 0.4) is 0 Å². The first-order chi connectivity index (χ1) is 5.82. The van der Waals surface area contributed by atoms with Crippen LogP contribution >= 0.6 is 0 Å². The molecule has 4 nitrogen and oxygen atoms in total. The second kappa shape index (κ2) is 2.83. The zero-order chi connectivity index (χ0) is 10.2. The number of aromatic amines is 2. The lowest BCUT2D eigenvalue weighted by Crippen LogP contribution is -2.32. The van der Waals surface area contributed by atoms with Crippen LogP contribution in [-0.2, 0) is 5.41 Å². The Morgan fingerprint density at radius 1 is 1.15 bits per heavy atom. The van der Waals surface area contributed by atoms with Gasteiger partial charge in [-0.2, -0.15) is 4.39 Å². The van der Waals surface area contributed by atoms with E-state index in [1.807, 2.05) is 4.98 Å². The van der Waals surface area contributed by atoms with E-state index in [1.54, 1.807) is 20.8 Å². The molecule has 0 bridgehead atoms. The Morgan fingerprint density at radius 3 is 2.15 bits per heavy atom. The Morgan fingerprint density at radius 2 is 1.69 bits per heavy atom. The van der Waals surface area contributed by atoms with Gasteiger partial charge in [0.2, 0.25) is 5.82 Å². The third-order valence-corrected chi connectivity index (χ3v) is 1.63. The van der Waals surface area contributed by atoms with Gasteiger partial charge in [-0.25, -0.2) is 4.79 Å². The average Bonchev–Trinajstić information content (AvgIpc) is 1.94. The molecule has 0 spiro atoms. The van der Waals surface area contributed by atoms with Crippen LogP contribution in [0, 0.1) is 5.82 Å². The van der Waals surface area contributed by atoms with Gasteiger partial charge >= 0.3 is 5.69 Å². The summed E-state index contributed by atoms with van der Waals surface area (Å²) in [6.07, 6.45) is 0. The van der Waals surface area contributed by atoms with Crippen molar-refractivity contribution < 1.29 is 4.39 Å². The molecule has 1 heterocycles. The van der Waals surface area contributed by atoms with Crippen LogP contribution in [0.15, 0.2) is 9.59 Å². The zero-order valence-electron chi connectivity index (χ0n) is 7.69. The van der Waals surface area contributed by atoms with Crippen molar-refractivity contribution in [1.82, 2.24) is 9.97 Å². The van der Waals surface area contributed by atoms with Gasteiger partial charge in [0.15, 0.2) is 0 Å². The normalized spacial score (nSPS) is 11.7. The van der Waals surface area contributed by atoms with Gasteiger partial charge in [0, 0.05) is 5.41 Å². The Balaban J connectivity index is 3.56. The van der Waals surface area contributed by atoms with E-state index in [0.717, 1.165) is 0 Å². The minimum atomic E-state index is -0.978. The third-order valence-electron chi connectivity index (χ3n) is 1.63. The third kappa shape index (κ3) is 1.85. The summed E-state index contributed by atoms with van der Waals surface area (Å²) in [7, 11) is 0. The van der Waals surface area contributed by atoms with Crippen molar-refractivity contribution in [3.8, 4) is 0 Å². The summed E-state index contributed by atoms with van der Waals surface area (Å²) in [5.41, 5.74) is -2.22.